The van der Waals surface area contributed by atoms with E-state index in [1.54, 1.807) is 6.07 Å². The summed E-state index contributed by atoms with van der Waals surface area (Å²) in [7, 11) is -1.65. The molecule has 0 unspecified atom stereocenters. The molecule has 2 heterocycles. The molecular weight excluding hydrogens is 472 g/mol. The van der Waals surface area contributed by atoms with Crippen LogP contribution in [0, 0.1) is 13.8 Å². The molecule has 0 bridgehead atoms. The van der Waals surface area contributed by atoms with Crippen LogP contribution in [0.2, 0.25) is 0 Å². The Kier molecular flexibility index (Phi) is 7.13. The smallest absolute Gasteiger partial charge is 0.345 e. The van der Waals surface area contributed by atoms with Gasteiger partial charge >= 0.3 is 16.1 Å². The molecule has 1 aliphatic heterocycles. The number of nitrogens with zero attached hydrogens (tertiary/aromatic N) is 1. The van der Waals surface area contributed by atoms with E-state index in [2.05, 4.69) is 10.3 Å². The molecule has 186 valence electrons. The largest absolute Gasteiger partial charge is 0.496 e. The molecular formula is C25H28N2O7S. The van der Waals surface area contributed by atoms with Crippen LogP contribution < -0.4 is 19.5 Å². The Labute approximate surface area is 204 Å². The summed E-state index contributed by atoms with van der Waals surface area (Å²) in [6, 6.07) is 9.74. The predicted octanol–water partition coefficient (Wildman–Crippen LogP) is 3.43. The molecule has 2 aromatic carbocycles. The predicted molar refractivity (Wildman–Crippen MR) is 129 cm³/mol. The summed E-state index contributed by atoms with van der Waals surface area (Å²) in [4.78, 5) is 16.7. The number of hydrogen-bond acceptors (Lipinski definition) is 9. The van der Waals surface area contributed by atoms with Crippen molar-refractivity contribution < 1.29 is 31.6 Å². The normalized spacial score (nSPS) is 15.7. The third-order valence-corrected chi connectivity index (χ3v) is 7.16. The fourth-order valence-electron chi connectivity index (χ4n) is 4.26. The van der Waals surface area contributed by atoms with Crippen molar-refractivity contribution >= 4 is 27.0 Å². The maximum Gasteiger partial charge on any atom is 0.345 e. The molecule has 1 aliphatic rings. The summed E-state index contributed by atoms with van der Waals surface area (Å²) in [6.45, 7) is 4.48. The Balaban J connectivity index is 1.68. The number of methoxy groups -OCH3 is 2. The van der Waals surface area contributed by atoms with Crippen LogP contribution in [0.3, 0.4) is 0 Å². The zero-order chi connectivity index (χ0) is 25.2. The van der Waals surface area contributed by atoms with Crippen LogP contribution in [-0.4, -0.2) is 46.2 Å². The molecule has 35 heavy (non-hydrogen) atoms. The first-order valence-corrected chi connectivity index (χ1v) is 12.6. The second-order valence-electron chi connectivity index (χ2n) is 8.30. The lowest BCUT2D eigenvalue weighted by Crippen LogP contribution is -2.34. The number of carbonyl (C=O) groups is 1. The van der Waals surface area contributed by atoms with Gasteiger partial charge in [0.25, 0.3) is 0 Å². The van der Waals surface area contributed by atoms with E-state index in [0.717, 1.165) is 23.1 Å². The van der Waals surface area contributed by atoms with Crippen molar-refractivity contribution in [2.75, 3.05) is 20.8 Å². The third kappa shape index (κ3) is 5.03. The fraction of sp³-hybridized carbons (Fsp3) is 0.360. The molecule has 3 aromatic rings. The number of carbonyl (C=O) groups excluding carboxylic acids is 1. The Bertz CT molecular complexity index is 1370. The number of fused-ring (bicyclic) bond motifs is 1. The molecule has 1 aromatic heterocycles. The first-order chi connectivity index (χ1) is 16.7. The average molecular weight is 501 g/mol. The van der Waals surface area contributed by atoms with Crippen LogP contribution in [0.5, 0.6) is 17.2 Å². The number of para-hydroxylation sites is 1. The van der Waals surface area contributed by atoms with Gasteiger partial charge in [0.15, 0.2) is 5.75 Å². The Morgan fingerprint density at radius 2 is 1.91 bits per heavy atom. The minimum absolute atomic E-state index is 0.0166. The van der Waals surface area contributed by atoms with Crippen LogP contribution >= 0.6 is 0 Å². The molecule has 0 aliphatic carbocycles. The molecule has 1 fully saturated rings. The van der Waals surface area contributed by atoms with Gasteiger partial charge in [-0.2, -0.15) is 8.42 Å². The van der Waals surface area contributed by atoms with Gasteiger partial charge in [0, 0.05) is 11.1 Å². The van der Waals surface area contributed by atoms with Gasteiger partial charge in [-0.3, -0.25) is 0 Å². The molecule has 4 rings (SSSR count). The maximum absolute atomic E-state index is 13.0. The topological polar surface area (TPSA) is 113 Å². The summed E-state index contributed by atoms with van der Waals surface area (Å²) >= 11 is 0. The highest BCUT2D eigenvalue weighted by Crippen LogP contribution is 2.37. The van der Waals surface area contributed by atoms with Crippen molar-refractivity contribution in [2.24, 2.45) is 0 Å². The van der Waals surface area contributed by atoms with E-state index in [-0.39, 0.29) is 17.3 Å². The standard InChI is InChI=1S/C25H28N2O7S/c1-15-13-16(2)27-23-17(15)7-5-9-21(23)33-14-18-20(31-3)10-11-22(24(18)32-4)35(29,30)34-25(28)19-8-6-12-26-19/h5,7,9-11,13,19,26H,6,8,12,14H2,1-4H3/t19-/m0/s1. The summed E-state index contributed by atoms with van der Waals surface area (Å²) < 4.78 is 48.0. The number of rotatable bonds is 8. The summed E-state index contributed by atoms with van der Waals surface area (Å²) in [5, 5.41) is 3.89. The molecule has 1 atom stereocenters. The van der Waals surface area contributed by atoms with Gasteiger partial charge in [-0.15, -0.1) is 0 Å². The van der Waals surface area contributed by atoms with E-state index in [0.29, 0.717) is 35.5 Å². The highest BCUT2D eigenvalue weighted by atomic mass is 32.2. The molecule has 0 radical (unpaired) electrons. The van der Waals surface area contributed by atoms with Gasteiger partial charge in [-0.25, -0.2) is 9.78 Å². The summed E-state index contributed by atoms with van der Waals surface area (Å²) in [5.41, 5.74) is 2.98. The SMILES string of the molecule is COc1ccc(S(=O)(=O)OC(=O)[C@@H]2CCCN2)c(OC)c1COc1cccc2c(C)cc(C)nc12. The van der Waals surface area contributed by atoms with Crippen molar-refractivity contribution in [3.05, 3.63) is 53.2 Å². The van der Waals surface area contributed by atoms with E-state index in [4.69, 9.17) is 18.4 Å². The average Bonchev–Trinajstić information content (AvgIpc) is 3.37. The lowest BCUT2D eigenvalue weighted by molar-refractivity contribution is -0.135. The van der Waals surface area contributed by atoms with Crippen molar-refractivity contribution in [1.82, 2.24) is 10.3 Å². The Hall–Kier alpha value is -3.37. The Morgan fingerprint density at radius 3 is 2.60 bits per heavy atom. The molecule has 0 spiro atoms. The van der Waals surface area contributed by atoms with Gasteiger partial charge in [0.2, 0.25) is 0 Å². The molecule has 0 amide bonds. The van der Waals surface area contributed by atoms with Crippen LogP contribution in [-0.2, 0) is 25.7 Å². The molecule has 9 nitrogen and oxygen atoms in total. The third-order valence-electron chi connectivity index (χ3n) is 5.92. The maximum atomic E-state index is 13.0. The first kappa shape index (κ1) is 24.7. The van der Waals surface area contributed by atoms with Gasteiger partial charge in [0.05, 0.1) is 19.8 Å². The van der Waals surface area contributed by atoms with Crippen molar-refractivity contribution in [3.63, 3.8) is 0 Å². The van der Waals surface area contributed by atoms with Crippen molar-refractivity contribution in [3.8, 4) is 17.2 Å². The van der Waals surface area contributed by atoms with Crippen LogP contribution in [0.4, 0.5) is 0 Å². The van der Waals surface area contributed by atoms with E-state index in [1.807, 2.05) is 32.0 Å². The molecule has 10 heteroatoms. The number of nitrogens with one attached hydrogen (secondary N) is 1. The lowest BCUT2D eigenvalue weighted by atomic mass is 10.1. The first-order valence-electron chi connectivity index (χ1n) is 11.2. The number of benzene rings is 2. The Morgan fingerprint density at radius 1 is 1.11 bits per heavy atom. The number of aromatic nitrogens is 1. The van der Waals surface area contributed by atoms with Crippen molar-refractivity contribution in [1.29, 1.82) is 0 Å². The van der Waals surface area contributed by atoms with Gasteiger partial charge in [0.1, 0.15) is 34.6 Å². The van der Waals surface area contributed by atoms with Gasteiger partial charge < -0.3 is 23.7 Å². The highest BCUT2D eigenvalue weighted by molar-refractivity contribution is 7.87. The number of ether oxygens (including phenoxy) is 3. The number of hydrogen-bond donors (Lipinski definition) is 1. The molecule has 0 saturated carbocycles. The van der Waals surface area contributed by atoms with Crippen LogP contribution in [0.25, 0.3) is 10.9 Å². The number of aryl methyl sites for hydroxylation is 2. The van der Waals surface area contributed by atoms with Gasteiger partial charge in [-0.05, 0) is 63.1 Å². The van der Waals surface area contributed by atoms with Gasteiger partial charge in [-0.1, -0.05) is 12.1 Å². The quantitative estimate of drug-likeness (QED) is 0.465. The summed E-state index contributed by atoms with van der Waals surface area (Å²) in [6.07, 6.45) is 1.29. The summed E-state index contributed by atoms with van der Waals surface area (Å²) in [5.74, 6) is 0.0402. The van der Waals surface area contributed by atoms with E-state index < -0.39 is 22.1 Å². The van der Waals surface area contributed by atoms with E-state index in [9.17, 15) is 13.2 Å². The number of pyridine rings is 1. The van der Waals surface area contributed by atoms with E-state index in [1.165, 1.54) is 26.4 Å². The van der Waals surface area contributed by atoms with Crippen LogP contribution in [0.15, 0.2) is 41.3 Å². The highest BCUT2D eigenvalue weighted by Gasteiger charge is 2.32. The van der Waals surface area contributed by atoms with Crippen LogP contribution in [0.1, 0.15) is 29.7 Å². The van der Waals surface area contributed by atoms with Crippen molar-refractivity contribution in [2.45, 2.75) is 44.2 Å². The van der Waals surface area contributed by atoms with E-state index >= 15 is 0 Å². The second-order valence-corrected chi connectivity index (χ2v) is 9.82. The zero-order valence-electron chi connectivity index (χ0n) is 20.1. The lowest BCUT2D eigenvalue weighted by Gasteiger charge is -2.18. The zero-order valence-corrected chi connectivity index (χ0v) is 20.9. The minimum atomic E-state index is -4.45. The molecule has 1 N–H and O–H groups in total. The second kappa shape index (κ2) is 10.1. The molecule has 1 saturated heterocycles. The minimum Gasteiger partial charge on any atom is -0.496 e. The fourth-order valence-corrected chi connectivity index (χ4v) is 5.35. The monoisotopic (exact) mass is 500 g/mol.